The molecule has 0 saturated heterocycles. The van der Waals surface area contributed by atoms with Gasteiger partial charge in [0.25, 0.3) is 0 Å². The van der Waals surface area contributed by atoms with Gasteiger partial charge in [-0.25, -0.2) is 9.78 Å². The highest BCUT2D eigenvalue weighted by Crippen LogP contribution is 2.26. The molecule has 5 heteroatoms. The molecule has 1 unspecified atom stereocenters. The molecule has 0 spiro atoms. The van der Waals surface area contributed by atoms with Crippen LogP contribution >= 0.6 is 0 Å². The van der Waals surface area contributed by atoms with Gasteiger partial charge >= 0.3 is 5.97 Å². The van der Waals surface area contributed by atoms with Crippen molar-refractivity contribution in [1.29, 1.82) is 0 Å². The van der Waals surface area contributed by atoms with E-state index in [0.717, 1.165) is 0 Å². The lowest BCUT2D eigenvalue weighted by atomic mass is 10.0. The van der Waals surface area contributed by atoms with Gasteiger partial charge in [-0.3, -0.25) is 0 Å². The molecule has 0 aromatic carbocycles. The van der Waals surface area contributed by atoms with Crippen LogP contribution in [-0.4, -0.2) is 29.1 Å². The third-order valence-corrected chi connectivity index (χ3v) is 3.11. The van der Waals surface area contributed by atoms with Crippen LogP contribution < -0.4 is 10.6 Å². The first-order valence-corrected chi connectivity index (χ1v) is 5.56. The number of carbonyl (C=O) groups is 1. The number of aromatic nitrogens is 1. The van der Waals surface area contributed by atoms with E-state index in [0.29, 0.717) is 11.7 Å². The highest BCUT2D eigenvalue weighted by atomic mass is 16.4. The molecule has 0 bridgehead atoms. The van der Waals surface area contributed by atoms with Crippen molar-refractivity contribution in [3.05, 3.63) is 17.8 Å². The zero-order valence-corrected chi connectivity index (χ0v) is 10.6. The maximum Gasteiger partial charge on any atom is 0.337 e. The van der Waals surface area contributed by atoms with Gasteiger partial charge in [0.1, 0.15) is 0 Å². The Bertz CT molecular complexity index is 418. The van der Waals surface area contributed by atoms with E-state index in [1.54, 1.807) is 0 Å². The maximum atomic E-state index is 11.0. The fourth-order valence-electron chi connectivity index (χ4n) is 1.57. The van der Waals surface area contributed by atoms with Gasteiger partial charge in [-0.2, -0.15) is 0 Å². The molecule has 1 atom stereocenters. The molecule has 0 aliphatic heterocycles. The second-order valence-electron chi connectivity index (χ2n) is 4.50. The van der Waals surface area contributed by atoms with Gasteiger partial charge in [0.2, 0.25) is 0 Å². The molecule has 94 valence electrons. The monoisotopic (exact) mass is 237 g/mol. The standard InChI is InChI=1S/C12H19N3O2/c1-7(2)8(3)15(4)11-10(13)9(12(16)17)5-6-14-11/h5-8H,13H2,1-4H3,(H,16,17). The molecular weight excluding hydrogens is 218 g/mol. The van der Waals surface area contributed by atoms with Crippen molar-refractivity contribution >= 4 is 17.5 Å². The largest absolute Gasteiger partial charge is 0.478 e. The molecule has 0 amide bonds. The molecule has 0 aliphatic rings. The molecule has 0 radical (unpaired) electrons. The summed E-state index contributed by atoms with van der Waals surface area (Å²) in [6.07, 6.45) is 1.47. The third-order valence-electron chi connectivity index (χ3n) is 3.11. The molecule has 17 heavy (non-hydrogen) atoms. The second-order valence-corrected chi connectivity index (χ2v) is 4.50. The summed E-state index contributed by atoms with van der Waals surface area (Å²) in [7, 11) is 1.87. The summed E-state index contributed by atoms with van der Waals surface area (Å²) in [5.41, 5.74) is 6.15. The zero-order chi connectivity index (χ0) is 13.2. The Morgan fingerprint density at radius 2 is 2.06 bits per heavy atom. The molecule has 3 N–H and O–H groups in total. The Balaban J connectivity index is 3.15. The SMILES string of the molecule is CC(C)C(C)N(C)c1nccc(C(=O)O)c1N. The summed E-state index contributed by atoms with van der Waals surface area (Å²) >= 11 is 0. The van der Waals surface area contributed by atoms with E-state index >= 15 is 0 Å². The first-order valence-electron chi connectivity index (χ1n) is 5.56. The fourth-order valence-corrected chi connectivity index (χ4v) is 1.57. The van der Waals surface area contributed by atoms with Crippen LogP contribution in [0.4, 0.5) is 11.5 Å². The van der Waals surface area contributed by atoms with Crippen molar-refractivity contribution in [3.8, 4) is 0 Å². The summed E-state index contributed by atoms with van der Waals surface area (Å²) in [4.78, 5) is 17.0. The van der Waals surface area contributed by atoms with E-state index in [1.165, 1.54) is 12.3 Å². The van der Waals surface area contributed by atoms with Gasteiger partial charge in [-0.15, -0.1) is 0 Å². The maximum absolute atomic E-state index is 11.0. The summed E-state index contributed by atoms with van der Waals surface area (Å²) in [6, 6.07) is 1.64. The van der Waals surface area contributed by atoms with E-state index in [4.69, 9.17) is 10.8 Å². The van der Waals surface area contributed by atoms with Crippen molar-refractivity contribution in [2.24, 2.45) is 5.92 Å². The molecule has 0 fully saturated rings. The number of carboxylic acid groups (broad SMARTS) is 1. The van der Waals surface area contributed by atoms with Crippen LogP contribution in [0.15, 0.2) is 12.3 Å². The van der Waals surface area contributed by atoms with Crippen LogP contribution in [0.25, 0.3) is 0 Å². The summed E-state index contributed by atoms with van der Waals surface area (Å²) in [5.74, 6) is -0.0856. The number of anilines is 2. The van der Waals surface area contributed by atoms with Gasteiger partial charge in [0.05, 0.1) is 11.3 Å². The Kier molecular flexibility index (Phi) is 3.93. The van der Waals surface area contributed by atoms with Crippen LogP contribution in [-0.2, 0) is 0 Å². The lowest BCUT2D eigenvalue weighted by Gasteiger charge is -2.30. The van der Waals surface area contributed by atoms with Crippen LogP contribution in [0.2, 0.25) is 0 Å². The lowest BCUT2D eigenvalue weighted by molar-refractivity contribution is 0.0698. The smallest absolute Gasteiger partial charge is 0.337 e. The number of aromatic carboxylic acids is 1. The summed E-state index contributed by atoms with van der Waals surface area (Å²) < 4.78 is 0. The van der Waals surface area contributed by atoms with Crippen LogP contribution in [0.5, 0.6) is 0 Å². The minimum Gasteiger partial charge on any atom is -0.478 e. The second kappa shape index (κ2) is 5.03. The number of hydrogen-bond donors (Lipinski definition) is 2. The average Bonchev–Trinajstić information content (AvgIpc) is 2.26. The predicted molar refractivity (Wildman–Crippen MR) is 68.3 cm³/mol. The Labute approximate surface area is 101 Å². The quantitative estimate of drug-likeness (QED) is 0.835. The number of carboxylic acids is 1. The molecule has 1 aromatic rings. The van der Waals surface area contributed by atoms with E-state index in [2.05, 4.69) is 25.8 Å². The highest BCUT2D eigenvalue weighted by Gasteiger charge is 2.20. The summed E-state index contributed by atoms with van der Waals surface area (Å²) in [5, 5.41) is 8.99. The van der Waals surface area contributed by atoms with Crippen molar-refractivity contribution in [1.82, 2.24) is 4.98 Å². The summed E-state index contributed by atoms with van der Waals surface area (Å²) in [6.45, 7) is 6.25. The van der Waals surface area contributed by atoms with E-state index < -0.39 is 5.97 Å². The normalized spacial score (nSPS) is 12.5. The topological polar surface area (TPSA) is 79.5 Å². The van der Waals surface area contributed by atoms with Crippen molar-refractivity contribution in [2.75, 3.05) is 17.7 Å². The van der Waals surface area contributed by atoms with Crippen molar-refractivity contribution in [2.45, 2.75) is 26.8 Å². The average molecular weight is 237 g/mol. The number of nitrogens with zero attached hydrogens (tertiary/aromatic N) is 2. The Morgan fingerprint density at radius 1 is 1.47 bits per heavy atom. The van der Waals surface area contributed by atoms with Gasteiger partial charge in [-0.1, -0.05) is 13.8 Å². The van der Waals surface area contributed by atoms with Gasteiger partial charge < -0.3 is 15.7 Å². The minimum atomic E-state index is -1.03. The lowest BCUT2D eigenvalue weighted by Crippen LogP contribution is -2.34. The van der Waals surface area contributed by atoms with Gasteiger partial charge in [0.15, 0.2) is 5.82 Å². The molecule has 5 nitrogen and oxygen atoms in total. The molecular formula is C12H19N3O2. The van der Waals surface area contributed by atoms with E-state index in [1.807, 2.05) is 11.9 Å². The van der Waals surface area contributed by atoms with Crippen LogP contribution in [0.1, 0.15) is 31.1 Å². The fraction of sp³-hybridized carbons (Fsp3) is 0.500. The van der Waals surface area contributed by atoms with E-state index in [9.17, 15) is 4.79 Å². The van der Waals surface area contributed by atoms with Crippen LogP contribution in [0, 0.1) is 5.92 Å². The predicted octanol–water partition coefficient (Wildman–Crippen LogP) is 1.84. The number of hydrogen-bond acceptors (Lipinski definition) is 4. The first kappa shape index (κ1) is 13.3. The first-order chi connectivity index (χ1) is 7.86. The molecule has 1 rings (SSSR count). The number of pyridine rings is 1. The number of nitrogens with two attached hydrogens (primary N) is 1. The molecule has 1 aromatic heterocycles. The molecule has 0 saturated carbocycles. The Morgan fingerprint density at radius 3 is 2.53 bits per heavy atom. The van der Waals surface area contributed by atoms with E-state index in [-0.39, 0.29) is 17.3 Å². The van der Waals surface area contributed by atoms with Crippen molar-refractivity contribution in [3.63, 3.8) is 0 Å². The highest BCUT2D eigenvalue weighted by molar-refractivity contribution is 5.96. The Hall–Kier alpha value is -1.78. The number of rotatable bonds is 4. The third kappa shape index (κ3) is 2.67. The van der Waals surface area contributed by atoms with Gasteiger partial charge in [-0.05, 0) is 18.9 Å². The zero-order valence-electron chi connectivity index (χ0n) is 10.6. The molecule has 1 heterocycles. The van der Waals surface area contributed by atoms with Crippen LogP contribution in [0.3, 0.4) is 0 Å². The van der Waals surface area contributed by atoms with Crippen molar-refractivity contribution < 1.29 is 9.90 Å². The van der Waals surface area contributed by atoms with Gasteiger partial charge in [0, 0.05) is 19.3 Å². The minimum absolute atomic E-state index is 0.0952. The number of nitrogen functional groups attached to an aromatic ring is 1. The molecule has 0 aliphatic carbocycles.